The van der Waals surface area contributed by atoms with E-state index < -0.39 is 5.60 Å². The first-order valence-corrected chi connectivity index (χ1v) is 10.5. The molecule has 1 unspecified atom stereocenters. The van der Waals surface area contributed by atoms with Crippen LogP contribution in [-0.4, -0.2) is 79.2 Å². The van der Waals surface area contributed by atoms with E-state index >= 15 is 0 Å². The molecule has 0 radical (unpaired) electrons. The van der Waals surface area contributed by atoms with Crippen molar-refractivity contribution >= 4 is 18.0 Å². The molecule has 1 aliphatic rings. The van der Waals surface area contributed by atoms with Gasteiger partial charge in [0, 0.05) is 39.3 Å². The Bertz CT molecular complexity index is 578. The standard InChI is InChI=1S/C21H41N5O3/c1-20(2,3)24-17(27)15-25(8)18(22-7)23-12-11-16-10-9-13-26(14-16)19(28)29-21(4,5)6/h16H,9-15H2,1-8H3,(H,22,23)(H,24,27). The number of carbonyl (C=O) groups is 2. The average Bonchev–Trinajstić information content (AvgIpc) is 2.55. The Hall–Kier alpha value is -1.99. The summed E-state index contributed by atoms with van der Waals surface area (Å²) in [6.45, 7) is 14.0. The molecule has 0 aliphatic carbocycles. The molecule has 1 fully saturated rings. The summed E-state index contributed by atoms with van der Waals surface area (Å²) in [5.41, 5.74) is -0.724. The fourth-order valence-corrected chi connectivity index (χ4v) is 3.31. The maximum Gasteiger partial charge on any atom is 0.410 e. The number of piperidine rings is 1. The highest BCUT2D eigenvalue weighted by Crippen LogP contribution is 2.21. The largest absolute Gasteiger partial charge is 0.444 e. The summed E-state index contributed by atoms with van der Waals surface area (Å²) in [4.78, 5) is 32.3. The summed E-state index contributed by atoms with van der Waals surface area (Å²) < 4.78 is 5.50. The minimum absolute atomic E-state index is 0.0387. The van der Waals surface area contributed by atoms with Crippen LogP contribution in [0.1, 0.15) is 60.8 Å². The van der Waals surface area contributed by atoms with Crippen LogP contribution in [0.4, 0.5) is 4.79 Å². The van der Waals surface area contributed by atoms with Crippen molar-refractivity contribution in [3.63, 3.8) is 0 Å². The molecule has 0 spiro atoms. The van der Waals surface area contributed by atoms with Gasteiger partial charge in [0.25, 0.3) is 0 Å². The van der Waals surface area contributed by atoms with Crippen LogP contribution in [0.5, 0.6) is 0 Å². The summed E-state index contributed by atoms with van der Waals surface area (Å²) in [6.07, 6.45) is 2.80. The second kappa shape index (κ2) is 10.7. The predicted molar refractivity (Wildman–Crippen MR) is 117 cm³/mol. The monoisotopic (exact) mass is 411 g/mol. The molecule has 2 N–H and O–H groups in total. The minimum atomic E-state index is -0.470. The first kappa shape index (κ1) is 25.0. The van der Waals surface area contributed by atoms with Crippen LogP contribution in [0.15, 0.2) is 4.99 Å². The molecule has 0 saturated carbocycles. The van der Waals surface area contributed by atoms with Gasteiger partial charge in [-0.15, -0.1) is 0 Å². The van der Waals surface area contributed by atoms with Crippen LogP contribution in [0, 0.1) is 5.92 Å². The minimum Gasteiger partial charge on any atom is -0.444 e. The summed E-state index contributed by atoms with van der Waals surface area (Å²) in [6, 6.07) is 0. The number of rotatable bonds is 5. The molecule has 0 bridgehead atoms. The van der Waals surface area contributed by atoms with Crippen molar-refractivity contribution < 1.29 is 14.3 Å². The highest BCUT2D eigenvalue weighted by molar-refractivity contribution is 5.86. The number of likely N-dealkylation sites (N-methyl/N-ethyl adjacent to an activating group) is 1. The molecule has 0 aromatic carbocycles. The second-order valence-corrected chi connectivity index (χ2v) is 9.85. The quantitative estimate of drug-likeness (QED) is 0.536. The van der Waals surface area contributed by atoms with Crippen molar-refractivity contribution in [2.45, 2.75) is 71.9 Å². The van der Waals surface area contributed by atoms with E-state index in [1.165, 1.54) is 0 Å². The summed E-state index contributed by atoms with van der Waals surface area (Å²) >= 11 is 0. The third-order valence-electron chi connectivity index (χ3n) is 4.47. The smallest absolute Gasteiger partial charge is 0.410 e. The Balaban J connectivity index is 2.44. The number of nitrogens with one attached hydrogen (secondary N) is 2. The maximum atomic E-state index is 12.3. The molecule has 1 saturated heterocycles. The van der Waals surface area contributed by atoms with Gasteiger partial charge in [-0.3, -0.25) is 9.79 Å². The zero-order valence-corrected chi connectivity index (χ0v) is 19.6. The lowest BCUT2D eigenvalue weighted by molar-refractivity contribution is -0.122. The Morgan fingerprint density at radius 2 is 1.86 bits per heavy atom. The van der Waals surface area contributed by atoms with Gasteiger partial charge < -0.3 is 25.2 Å². The molecule has 1 rings (SSSR count). The van der Waals surface area contributed by atoms with Gasteiger partial charge in [-0.05, 0) is 66.7 Å². The molecule has 168 valence electrons. The van der Waals surface area contributed by atoms with Crippen LogP contribution in [0.3, 0.4) is 0 Å². The third kappa shape index (κ3) is 10.4. The molecule has 0 aromatic heterocycles. The number of aliphatic imine (C=N–C) groups is 1. The van der Waals surface area contributed by atoms with E-state index in [0.29, 0.717) is 11.9 Å². The van der Waals surface area contributed by atoms with E-state index in [1.54, 1.807) is 7.05 Å². The molecule has 0 aromatic rings. The fourth-order valence-electron chi connectivity index (χ4n) is 3.31. The molecule has 2 amide bonds. The van der Waals surface area contributed by atoms with Crippen LogP contribution >= 0.6 is 0 Å². The zero-order chi connectivity index (χ0) is 22.2. The highest BCUT2D eigenvalue weighted by Gasteiger charge is 2.27. The SMILES string of the molecule is CN=C(NCCC1CCCN(C(=O)OC(C)(C)C)C1)N(C)CC(=O)NC(C)(C)C. The lowest BCUT2D eigenvalue weighted by atomic mass is 9.95. The summed E-state index contributed by atoms with van der Waals surface area (Å²) in [5.74, 6) is 1.08. The zero-order valence-electron chi connectivity index (χ0n) is 19.6. The Labute approximate surface area is 176 Å². The van der Waals surface area contributed by atoms with Crippen LogP contribution in [0.2, 0.25) is 0 Å². The first-order chi connectivity index (χ1) is 13.3. The van der Waals surface area contributed by atoms with Gasteiger partial charge in [0.2, 0.25) is 5.91 Å². The molecule has 8 heteroatoms. The number of carbonyl (C=O) groups excluding carboxylic acids is 2. The molecule has 1 aliphatic heterocycles. The van der Waals surface area contributed by atoms with Gasteiger partial charge in [0.15, 0.2) is 5.96 Å². The lowest BCUT2D eigenvalue weighted by Crippen LogP contribution is -2.49. The molecular weight excluding hydrogens is 370 g/mol. The predicted octanol–water partition coefficient (Wildman–Crippen LogP) is 2.45. The number of likely N-dealkylation sites (tertiary alicyclic amines) is 1. The molecule has 1 atom stereocenters. The van der Waals surface area contributed by atoms with Crippen molar-refractivity contribution in [1.82, 2.24) is 20.4 Å². The maximum absolute atomic E-state index is 12.3. The van der Waals surface area contributed by atoms with E-state index in [1.807, 2.05) is 58.4 Å². The number of hydrogen-bond donors (Lipinski definition) is 2. The average molecular weight is 412 g/mol. The molecule has 29 heavy (non-hydrogen) atoms. The van der Waals surface area contributed by atoms with Gasteiger partial charge in [-0.1, -0.05) is 0 Å². The van der Waals surface area contributed by atoms with Crippen molar-refractivity contribution in [1.29, 1.82) is 0 Å². The second-order valence-electron chi connectivity index (χ2n) is 9.85. The number of hydrogen-bond acceptors (Lipinski definition) is 4. The number of guanidine groups is 1. The normalized spacial score (nSPS) is 18.3. The summed E-state index contributed by atoms with van der Waals surface area (Å²) in [5, 5.41) is 6.28. The molecule has 1 heterocycles. The number of amides is 2. The first-order valence-electron chi connectivity index (χ1n) is 10.5. The van der Waals surface area contributed by atoms with E-state index in [0.717, 1.165) is 38.9 Å². The van der Waals surface area contributed by atoms with Crippen molar-refractivity contribution in [2.24, 2.45) is 10.9 Å². The van der Waals surface area contributed by atoms with Crippen molar-refractivity contribution in [3.05, 3.63) is 0 Å². The van der Waals surface area contributed by atoms with Crippen LogP contribution in [0.25, 0.3) is 0 Å². The topological polar surface area (TPSA) is 86.3 Å². The Morgan fingerprint density at radius 3 is 2.41 bits per heavy atom. The number of nitrogens with zero attached hydrogens (tertiary/aromatic N) is 3. The molecular formula is C21H41N5O3. The van der Waals surface area contributed by atoms with E-state index in [-0.39, 0.29) is 24.1 Å². The van der Waals surface area contributed by atoms with Crippen LogP contribution in [-0.2, 0) is 9.53 Å². The van der Waals surface area contributed by atoms with Gasteiger partial charge in [0.05, 0.1) is 6.54 Å². The fraction of sp³-hybridized carbons (Fsp3) is 0.857. The lowest BCUT2D eigenvalue weighted by Gasteiger charge is -2.34. The summed E-state index contributed by atoms with van der Waals surface area (Å²) in [7, 11) is 3.56. The van der Waals surface area contributed by atoms with Crippen LogP contribution < -0.4 is 10.6 Å². The van der Waals surface area contributed by atoms with E-state index in [2.05, 4.69) is 15.6 Å². The highest BCUT2D eigenvalue weighted by atomic mass is 16.6. The third-order valence-corrected chi connectivity index (χ3v) is 4.47. The molecule has 8 nitrogen and oxygen atoms in total. The van der Waals surface area contributed by atoms with Gasteiger partial charge in [0.1, 0.15) is 5.60 Å². The van der Waals surface area contributed by atoms with Gasteiger partial charge in [-0.25, -0.2) is 4.79 Å². The van der Waals surface area contributed by atoms with E-state index in [9.17, 15) is 9.59 Å². The van der Waals surface area contributed by atoms with Crippen molar-refractivity contribution in [2.75, 3.05) is 40.3 Å². The van der Waals surface area contributed by atoms with Crippen molar-refractivity contribution in [3.8, 4) is 0 Å². The number of ether oxygens (including phenoxy) is 1. The Kier molecular flexibility index (Phi) is 9.23. The van der Waals surface area contributed by atoms with Gasteiger partial charge >= 0.3 is 6.09 Å². The van der Waals surface area contributed by atoms with Gasteiger partial charge in [-0.2, -0.15) is 0 Å². The van der Waals surface area contributed by atoms with E-state index in [4.69, 9.17) is 4.74 Å². The Morgan fingerprint density at radius 1 is 1.21 bits per heavy atom.